The lowest BCUT2D eigenvalue weighted by atomic mass is 9.78. The molecule has 0 N–H and O–H groups in total. The van der Waals surface area contributed by atoms with Gasteiger partial charge in [-0.2, -0.15) is 10.4 Å². The van der Waals surface area contributed by atoms with E-state index >= 15 is 0 Å². The van der Waals surface area contributed by atoms with Gasteiger partial charge in [0.25, 0.3) is 0 Å². The van der Waals surface area contributed by atoms with Gasteiger partial charge in [-0.15, -0.1) is 0 Å². The zero-order valence-electron chi connectivity index (χ0n) is 12.6. The first-order valence-electron chi connectivity index (χ1n) is 7.81. The lowest BCUT2D eigenvalue weighted by molar-refractivity contribution is 0.329. The maximum Gasteiger partial charge on any atom is 0.0850 e. The molecule has 1 heterocycles. The fraction of sp³-hybridized carbons (Fsp3) is 0.750. The van der Waals surface area contributed by atoms with E-state index in [1.54, 1.807) is 0 Å². The molecule has 1 aromatic rings. The first kappa shape index (κ1) is 15.4. The highest BCUT2D eigenvalue weighted by Crippen LogP contribution is 2.39. The largest absolute Gasteiger partial charge is 0.268 e. The summed E-state index contributed by atoms with van der Waals surface area (Å²) in [6.45, 7) is 4.97. The van der Waals surface area contributed by atoms with Crippen molar-refractivity contribution in [1.82, 2.24) is 9.78 Å². The Kier molecular flexibility index (Phi) is 5.10. The van der Waals surface area contributed by atoms with Gasteiger partial charge < -0.3 is 0 Å². The van der Waals surface area contributed by atoms with E-state index in [9.17, 15) is 5.26 Å². The predicted molar refractivity (Wildman–Crippen MR) is 81.7 cm³/mol. The van der Waals surface area contributed by atoms with Crippen LogP contribution in [0.1, 0.15) is 63.8 Å². The van der Waals surface area contributed by atoms with Crippen molar-refractivity contribution in [3.63, 3.8) is 0 Å². The maximum absolute atomic E-state index is 9.72. The van der Waals surface area contributed by atoms with Crippen LogP contribution in [-0.2, 0) is 19.4 Å². The van der Waals surface area contributed by atoms with Crippen LogP contribution in [0.3, 0.4) is 0 Å². The summed E-state index contributed by atoms with van der Waals surface area (Å²) in [5.41, 5.74) is 1.79. The summed E-state index contributed by atoms with van der Waals surface area (Å²) in [6, 6.07) is 2.61. The van der Waals surface area contributed by atoms with Gasteiger partial charge >= 0.3 is 0 Å². The SMILES string of the molecule is CCc1nn(CC)c(CC2(C#N)CCCCCC2)c1Cl. The Balaban J connectivity index is 2.31. The molecule has 0 aromatic carbocycles. The predicted octanol–water partition coefficient (Wildman–Crippen LogP) is 4.53. The van der Waals surface area contributed by atoms with E-state index in [2.05, 4.69) is 25.0 Å². The Hall–Kier alpha value is -1.01. The molecule has 20 heavy (non-hydrogen) atoms. The van der Waals surface area contributed by atoms with E-state index in [0.717, 1.165) is 61.5 Å². The highest BCUT2D eigenvalue weighted by atomic mass is 35.5. The van der Waals surface area contributed by atoms with E-state index in [0.29, 0.717) is 0 Å². The molecule has 0 spiro atoms. The molecule has 2 rings (SSSR count). The van der Waals surface area contributed by atoms with Crippen LogP contribution in [0.5, 0.6) is 0 Å². The van der Waals surface area contributed by atoms with Crippen molar-refractivity contribution in [2.45, 2.75) is 71.8 Å². The van der Waals surface area contributed by atoms with Crippen molar-refractivity contribution in [1.29, 1.82) is 5.26 Å². The second-order valence-corrected chi connectivity index (χ2v) is 6.24. The van der Waals surface area contributed by atoms with E-state index in [4.69, 9.17) is 11.6 Å². The van der Waals surface area contributed by atoms with E-state index in [1.165, 1.54) is 12.8 Å². The molecule has 1 aliphatic rings. The summed E-state index contributed by atoms with van der Waals surface area (Å²) in [6.07, 6.45) is 8.42. The quantitative estimate of drug-likeness (QED) is 0.766. The molecule has 0 saturated heterocycles. The monoisotopic (exact) mass is 293 g/mol. The summed E-state index contributed by atoms with van der Waals surface area (Å²) in [5, 5.41) is 15.1. The Morgan fingerprint density at radius 2 is 1.90 bits per heavy atom. The molecule has 0 bridgehead atoms. The van der Waals surface area contributed by atoms with Crippen LogP contribution in [0, 0.1) is 16.7 Å². The average Bonchev–Trinajstić information content (AvgIpc) is 2.66. The molecular formula is C16H24ClN3. The molecule has 1 fully saturated rings. The van der Waals surface area contributed by atoms with Gasteiger partial charge in [0.2, 0.25) is 0 Å². The molecule has 3 nitrogen and oxygen atoms in total. The summed E-state index contributed by atoms with van der Waals surface area (Å²) in [5.74, 6) is 0. The molecule has 0 aliphatic heterocycles. The first-order valence-corrected chi connectivity index (χ1v) is 8.19. The van der Waals surface area contributed by atoms with Gasteiger partial charge in [0.15, 0.2) is 0 Å². The lowest BCUT2D eigenvalue weighted by Crippen LogP contribution is -2.23. The van der Waals surface area contributed by atoms with Gasteiger partial charge in [0.1, 0.15) is 0 Å². The molecule has 0 amide bonds. The molecular weight excluding hydrogens is 270 g/mol. The third-order valence-corrected chi connectivity index (χ3v) is 4.93. The number of aryl methyl sites for hydroxylation is 2. The number of aromatic nitrogens is 2. The molecule has 0 radical (unpaired) electrons. The maximum atomic E-state index is 9.72. The highest BCUT2D eigenvalue weighted by molar-refractivity contribution is 6.31. The van der Waals surface area contributed by atoms with Gasteiger partial charge in [-0.1, -0.05) is 44.2 Å². The van der Waals surface area contributed by atoms with E-state index in [1.807, 2.05) is 4.68 Å². The van der Waals surface area contributed by atoms with Crippen LogP contribution >= 0.6 is 11.6 Å². The van der Waals surface area contributed by atoms with Crippen molar-refractivity contribution in [2.24, 2.45) is 5.41 Å². The standard InChI is InChI=1S/C16H24ClN3/c1-3-13-15(17)14(20(4-2)19-13)11-16(12-18)9-7-5-6-8-10-16/h3-11H2,1-2H3. The third kappa shape index (κ3) is 3.01. The van der Waals surface area contributed by atoms with Crippen molar-refractivity contribution in [2.75, 3.05) is 0 Å². The summed E-state index contributed by atoms with van der Waals surface area (Å²) < 4.78 is 1.99. The van der Waals surface area contributed by atoms with Gasteiger partial charge in [0, 0.05) is 13.0 Å². The first-order chi connectivity index (χ1) is 9.65. The normalized spacial score (nSPS) is 18.5. The molecule has 110 valence electrons. The summed E-state index contributed by atoms with van der Waals surface area (Å²) in [7, 11) is 0. The fourth-order valence-electron chi connectivity index (χ4n) is 3.24. The van der Waals surface area contributed by atoms with Gasteiger partial charge in [-0.3, -0.25) is 4.68 Å². The highest BCUT2D eigenvalue weighted by Gasteiger charge is 2.33. The van der Waals surface area contributed by atoms with Crippen LogP contribution in [0.2, 0.25) is 5.02 Å². The average molecular weight is 294 g/mol. The van der Waals surface area contributed by atoms with Crippen molar-refractivity contribution in [3.05, 3.63) is 16.4 Å². The van der Waals surface area contributed by atoms with Crippen LogP contribution in [0.4, 0.5) is 0 Å². The molecule has 1 saturated carbocycles. The van der Waals surface area contributed by atoms with E-state index < -0.39 is 0 Å². The van der Waals surface area contributed by atoms with Crippen LogP contribution in [-0.4, -0.2) is 9.78 Å². The molecule has 1 aromatic heterocycles. The number of hydrogen-bond donors (Lipinski definition) is 0. The van der Waals surface area contributed by atoms with Crippen LogP contribution < -0.4 is 0 Å². The number of hydrogen-bond acceptors (Lipinski definition) is 2. The lowest BCUT2D eigenvalue weighted by Gasteiger charge is -2.25. The Labute approximate surface area is 126 Å². The van der Waals surface area contributed by atoms with Crippen molar-refractivity contribution < 1.29 is 0 Å². The van der Waals surface area contributed by atoms with Crippen LogP contribution in [0.15, 0.2) is 0 Å². The molecule has 1 aliphatic carbocycles. The van der Waals surface area contributed by atoms with E-state index in [-0.39, 0.29) is 5.41 Å². The second kappa shape index (κ2) is 6.63. The number of nitriles is 1. The Bertz CT molecular complexity index is 491. The van der Waals surface area contributed by atoms with Gasteiger partial charge in [0.05, 0.1) is 27.9 Å². The minimum absolute atomic E-state index is 0.238. The minimum atomic E-state index is -0.238. The number of halogens is 1. The topological polar surface area (TPSA) is 41.6 Å². The zero-order chi connectivity index (χ0) is 14.6. The third-order valence-electron chi connectivity index (χ3n) is 4.50. The second-order valence-electron chi connectivity index (χ2n) is 5.86. The fourth-order valence-corrected chi connectivity index (χ4v) is 3.58. The number of rotatable bonds is 4. The van der Waals surface area contributed by atoms with Crippen molar-refractivity contribution in [3.8, 4) is 6.07 Å². The smallest absolute Gasteiger partial charge is 0.0850 e. The molecule has 4 heteroatoms. The number of nitrogens with zero attached hydrogens (tertiary/aromatic N) is 3. The van der Waals surface area contributed by atoms with Crippen LogP contribution in [0.25, 0.3) is 0 Å². The Morgan fingerprint density at radius 3 is 2.40 bits per heavy atom. The molecule has 0 unspecified atom stereocenters. The van der Waals surface area contributed by atoms with Crippen molar-refractivity contribution >= 4 is 11.6 Å². The van der Waals surface area contributed by atoms with Gasteiger partial charge in [-0.25, -0.2) is 0 Å². The van der Waals surface area contributed by atoms with Gasteiger partial charge in [-0.05, 0) is 26.2 Å². The minimum Gasteiger partial charge on any atom is -0.268 e. The summed E-state index contributed by atoms with van der Waals surface area (Å²) >= 11 is 6.49. The summed E-state index contributed by atoms with van der Waals surface area (Å²) in [4.78, 5) is 0. The Morgan fingerprint density at radius 1 is 1.25 bits per heavy atom. The zero-order valence-corrected chi connectivity index (χ0v) is 13.3. The molecule has 0 atom stereocenters.